The Hall–Kier alpha value is -2.97. The fourth-order valence-electron chi connectivity index (χ4n) is 3.12. The predicted octanol–water partition coefficient (Wildman–Crippen LogP) is -2.93. The van der Waals surface area contributed by atoms with Gasteiger partial charge in [-0.05, 0) is 44.6 Å². The third kappa shape index (κ3) is 14.1. The van der Waals surface area contributed by atoms with Crippen molar-refractivity contribution in [2.75, 3.05) is 19.7 Å². The number of amides is 3. The number of carbonyl (C=O) groups is 4. The van der Waals surface area contributed by atoms with E-state index < -0.39 is 54.5 Å². The average Bonchev–Trinajstić information content (AvgIpc) is 2.77. The Bertz CT molecular complexity index is 714. The standard InChI is InChI=1S/C21H42N8O6/c1-12(2)10-15(20(34)35)28-19(33)16(11-30)29-18(32)14(7-5-9-26-21(24)25)27-17(31)13(23)6-3-4-8-22/h12-16,30H,3-11,22-23H2,1-2H3,(H,27,31)(H,28,33)(H,29,32)(H,34,35)(H4,24,25,26). The highest BCUT2D eigenvalue weighted by atomic mass is 16.4. The van der Waals surface area contributed by atoms with Crippen LogP contribution in [0.4, 0.5) is 0 Å². The number of nitrogens with zero attached hydrogens (tertiary/aromatic N) is 1. The van der Waals surface area contributed by atoms with E-state index in [4.69, 9.17) is 22.9 Å². The van der Waals surface area contributed by atoms with Crippen molar-refractivity contribution in [3.8, 4) is 0 Å². The number of guanidine groups is 1. The summed E-state index contributed by atoms with van der Waals surface area (Å²) in [5.74, 6) is -3.54. The Morgan fingerprint density at radius 1 is 0.857 bits per heavy atom. The molecule has 0 saturated carbocycles. The molecule has 0 fully saturated rings. The van der Waals surface area contributed by atoms with Gasteiger partial charge >= 0.3 is 5.97 Å². The number of carboxylic acids is 1. The second-order valence-electron chi connectivity index (χ2n) is 8.67. The lowest BCUT2D eigenvalue weighted by Crippen LogP contribution is -2.58. The van der Waals surface area contributed by atoms with Gasteiger partial charge in [-0.15, -0.1) is 0 Å². The van der Waals surface area contributed by atoms with Crippen LogP contribution in [-0.4, -0.2) is 83.7 Å². The van der Waals surface area contributed by atoms with Gasteiger partial charge in [0, 0.05) is 6.54 Å². The molecule has 0 heterocycles. The number of aliphatic hydroxyl groups excluding tert-OH is 1. The summed E-state index contributed by atoms with van der Waals surface area (Å²) in [6, 6.07) is -4.56. The Balaban J connectivity index is 5.31. The lowest BCUT2D eigenvalue weighted by Gasteiger charge is -2.24. The monoisotopic (exact) mass is 502 g/mol. The van der Waals surface area contributed by atoms with Crippen LogP contribution in [0.15, 0.2) is 4.99 Å². The number of carboxylic acid groups (broad SMARTS) is 1. The van der Waals surface area contributed by atoms with Crippen molar-refractivity contribution in [3.05, 3.63) is 0 Å². The summed E-state index contributed by atoms with van der Waals surface area (Å²) in [5.41, 5.74) is 21.9. The Kier molecular flexibility index (Phi) is 16.0. The van der Waals surface area contributed by atoms with Crippen molar-refractivity contribution in [1.82, 2.24) is 16.0 Å². The van der Waals surface area contributed by atoms with E-state index in [1.54, 1.807) is 13.8 Å². The molecular weight excluding hydrogens is 460 g/mol. The normalized spacial score (nSPS) is 14.3. The molecule has 0 aromatic carbocycles. The minimum absolute atomic E-state index is 0.0163. The van der Waals surface area contributed by atoms with Crippen LogP contribution >= 0.6 is 0 Å². The molecule has 3 amide bonds. The molecule has 0 rings (SSSR count). The van der Waals surface area contributed by atoms with Crippen molar-refractivity contribution >= 4 is 29.7 Å². The van der Waals surface area contributed by atoms with Gasteiger partial charge < -0.3 is 49.1 Å². The molecule has 4 atom stereocenters. The highest BCUT2D eigenvalue weighted by molar-refractivity contribution is 5.94. The van der Waals surface area contributed by atoms with E-state index in [0.717, 1.165) is 0 Å². The maximum absolute atomic E-state index is 12.9. The molecule has 202 valence electrons. The Labute approximate surface area is 205 Å². The SMILES string of the molecule is CC(C)CC(NC(=O)C(CO)NC(=O)C(CCCN=C(N)N)NC(=O)C(N)CCCCN)C(=O)O. The lowest BCUT2D eigenvalue weighted by molar-refractivity contribution is -0.143. The number of hydrogen-bond donors (Lipinski definition) is 9. The van der Waals surface area contributed by atoms with Crippen molar-refractivity contribution in [3.63, 3.8) is 0 Å². The molecule has 0 saturated heterocycles. The summed E-state index contributed by atoms with van der Waals surface area (Å²) in [7, 11) is 0. The van der Waals surface area contributed by atoms with E-state index >= 15 is 0 Å². The minimum atomic E-state index is -1.42. The average molecular weight is 503 g/mol. The van der Waals surface area contributed by atoms with Gasteiger partial charge in [-0.3, -0.25) is 19.4 Å². The second-order valence-corrected chi connectivity index (χ2v) is 8.67. The van der Waals surface area contributed by atoms with Gasteiger partial charge in [-0.2, -0.15) is 0 Å². The van der Waals surface area contributed by atoms with Crippen LogP contribution in [0.25, 0.3) is 0 Å². The molecule has 0 radical (unpaired) electrons. The number of carbonyl (C=O) groups excluding carboxylic acids is 3. The number of hydrogen-bond acceptors (Lipinski definition) is 8. The number of aliphatic hydroxyl groups is 1. The fraction of sp³-hybridized carbons (Fsp3) is 0.762. The summed E-state index contributed by atoms with van der Waals surface area (Å²) in [5, 5.41) is 26.2. The molecule has 14 nitrogen and oxygen atoms in total. The van der Waals surface area contributed by atoms with E-state index in [2.05, 4.69) is 20.9 Å². The maximum Gasteiger partial charge on any atom is 0.326 e. The molecule has 0 spiro atoms. The fourth-order valence-corrected chi connectivity index (χ4v) is 3.12. The molecule has 0 bridgehead atoms. The highest BCUT2D eigenvalue weighted by Gasteiger charge is 2.30. The zero-order valence-corrected chi connectivity index (χ0v) is 20.5. The van der Waals surface area contributed by atoms with Crippen molar-refractivity contribution in [1.29, 1.82) is 0 Å². The van der Waals surface area contributed by atoms with Crippen molar-refractivity contribution < 1.29 is 29.4 Å². The molecular formula is C21H42N8O6. The van der Waals surface area contributed by atoms with Crippen molar-refractivity contribution in [2.45, 2.75) is 76.5 Å². The van der Waals surface area contributed by atoms with Gasteiger partial charge in [0.25, 0.3) is 0 Å². The van der Waals surface area contributed by atoms with Crippen LogP contribution in [0.5, 0.6) is 0 Å². The third-order valence-electron chi connectivity index (χ3n) is 5.02. The number of nitrogens with two attached hydrogens (primary N) is 4. The quantitative estimate of drug-likeness (QED) is 0.0523. The molecule has 13 N–H and O–H groups in total. The zero-order chi connectivity index (χ0) is 27.0. The van der Waals surface area contributed by atoms with Crippen LogP contribution in [0, 0.1) is 5.92 Å². The Morgan fingerprint density at radius 2 is 1.43 bits per heavy atom. The second kappa shape index (κ2) is 17.5. The Morgan fingerprint density at radius 3 is 1.94 bits per heavy atom. The van der Waals surface area contributed by atoms with Crippen LogP contribution in [0.1, 0.15) is 52.4 Å². The largest absolute Gasteiger partial charge is 0.480 e. The summed E-state index contributed by atoms with van der Waals surface area (Å²) in [6.45, 7) is 3.48. The van der Waals surface area contributed by atoms with Gasteiger partial charge in [0.05, 0.1) is 12.6 Å². The highest BCUT2D eigenvalue weighted by Crippen LogP contribution is 2.06. The van der Waals surface area contributed by atoms with Gasteiger partial charge in [0.2, 0.25) is 17.7 Å². The molecule has 4 unspecified atom stereocenters. The van der Waals surface area contributed by atoms with E-state index in [1.165, 1.54) is 0 Å². The minimum Gasteiger partial charge on any atom is -0.480 e. The maximum atomic E-state index is 12.9. The van der Waals surface area contributed by atoms with Gasteiger partial charge in [0.1, 0.15) is 18.1 Å². The first-order chi connectivity index (χ1) is 16.4. The van der Waals surface area contributed by atoms with Crippen LogP contribution < -0.4 is 38.9 Å². The molecule has 35 heavy (non-hydrogen) atoms. The van der Waals surface area contributed by atoms with Crippen LogP contribution in [0.3, 0.4) is 0 Å². The number of rotatable bonds is 18. The van der Waals surface area contributed by atoms with Crippen LogP contribution in [-0.2, 0) is 19.2 Å². The lowest BCUT2D eigenvalue weighted by atomic mass is 10.0. The zero-order valence-electron chi connectivity index (χ0n) is 20.5. The molecule has 0 aliphatic heterocycles. The summed E-state index contributed by atoms with van der Waals surface area (Å²) in [6.07, 6.45) is 2.32. The molecule has 0 aromatic heterocycles. The van der Waals surface area contributed by atoms with E-state index in [0.29, 0.717) is 32.2 Å². The van der Waals surface area contributed by atoms with E-state index in [1.807, 2.05) is 0 Å². The van der Waals surface area contributed by atoms with Gasteiger partial charge in [-0.1, -0.05) is 20.3 Å². The first-order valence-corrected chi connectivity index (χ1v) is 11.7. The van der Waals surface area contributed by atoms with Crippen molar-refractivity contribution in [2.24, 2.45) is 33.8 Å². The third-order valence-corrected chi connectivity index (χ3v) is 5.02. The van der Waals surface area contributed by atoms with E-state index in [-0.39, 0.29) is 31.3 Å². The predicted molar refractivity (Wildman–Crippen MR) is 131 cm³/mol. The summed E-state index contributed by atoms with van der Waals surface area (Å²) in [4.78, 5) is 53.2. The first kappa shape index (κ1) is 32.0. The first-order valence-electron chi connectivity index (χ1n) is 11.7. The number of aliphatic imine (C=N–C) groups is 1. The van der Waals surface area contributed by atoms with Crippen LogP contribution in [0.2, 0.25) is 0 Å². The summed E-state index contributed by atoms with van der Waals surface area (Å²) < 4.78 is 0. The number of nitrogens with one attached hydrogen (secondary N) is 3. The van der Waals surface area contributed by atoms with E-state index in [9.17, 15) is 29.4 Å². The molecule has 0 aliphatic rings. The number of unbranched alkanes of at least 4 members (excludes halogenated alkanes) is 1. The number of aliphatic carboxylic acids is 1. The summed E-state index contributed by atoms with van der Waals surface area (Å²) >= 11 is 0. The van der Waals surface area contributed by atoms with Gasteiger partial charge in [-0.25, -0.2) is 4.79 Å². The molecule has 14 heteroatoms. The molecule has 0 aromatic rings. The van der Waals surface area contributed by atoms with Gasteiger partial charge in [0.15, 0.2) is 5.96 Å². The topological polar surface area (TPSA) is 261 Å². The molecule has 0 aliphatic carbocycles. The smallest absolute Gasteiger partial charge is 0.326 e.